The molecule has 3 aromatic carbocycles. The Morgan fingerprint density at radius 3 is 2.24 bits per heavy atom. The molecule has 0 unspecified atom stereocenters. The number of nitrogens with zero attached hydrogens (tertiary/aromatic N) is 2. The predicted molar refractivity (Wildman–Crippen MR) is 135 cm³/mol. The Balaban J connectivity index is 1.52. The number of hydrogen-bond acceptors (Lipinski definition) is 5. The maximum Gasteiger partial charge on any atom is 0.338 e. The fraction of sp³-hybridized carbons (Fsp3) is 0.286. The van der Waals surface area contributed by atoms with E-state index in [0.717, 1.165) is 44.0 Å². The molecule has 0 spiro atoms. The number of aryl methyl sites for hydroxylation is 1. The molecule has 1 aliphatic rings. The summed E-state index contributed by atoms with van der Waals surface area (Å²) in [6.45, 7) is 8.49. The van der Waals surface area contributed by atoms with E-state index < -0.39 is 5.97 Å². The molecule has 0 aromatic heterocycles. The highest BCUT2D eigenvalue weighted by molar-refractivity contribution is 6.06. The molecule has 1 saturated heterocycles. The van der Waals surface area contributed by atoms with Crippen LogP contribution in [0.25, 0.3) is 0 Å². The van der Waals surface area contributed by atoms with Crippen LogP contribution in [0.1, 0.15) is 38.8 Å². The van der Waals surface area contributed by atoms with Gasteiger partial charge < -0.3 is 15.0 Å². The first-order valence-electron chi connectivity index (χ1n) is 11.7. The maximum absolute atomic E-state index is 13.0. The van der Waals surface area contributed by atoms with Crippen molar-refractivity contribution in [1.82, 2.24) is 4.90 Å². The lowest BCUT2D eigenvalue weighted by molar-refractivity contribution is 0.0526. The highest BCUT2D eigenvalue weighted by Crippen LogP contribution is 2.29. The van der Waals surface area contributed by atoms with E-state index in [1.165, 1.54) is 5.56 Å². The van der Waals surface area contributed by atoms with E-state index in [-0.39, 0.29) is 5.91 Å². The van der Waals surface area contributed by atoms with Crippen LogP contribution in [0.5, 0.6) is 0 Å². The Morgan fingerprint density at radius 2 is 1.56 bits per heavy atom. The second-order valence-corrected chi connectivity index (χ2v) is 8.52. The van der Waals surface area contributed by atoms with Crippen LogP contribution in [-0.2, 0) is 11.3 Å². The van der Waals surface area contributed by atoms with Gasteiger partial charge in [-0.1, -0.05) is 48.0 Å². The first-order chi connectivity index (χ1) is 16.5. The fourth-order valence-corrected chi connectivity index (χ4v) is 4.14. The molecule has 1 N–H and O–H groups in total. The van der Waals surface area contributed by atoms with Crippen LogP contribution in [0.3, 0.4) is 0 Å². The molecule has 1 fully saturated rings. The quantitative estimate of drug-likeness (QED) is 0.519. The average Bonchev–Trinajstić information content (AvgIpc) is 2.86. The number of piperazine rings is 1. The Kier molecular flexibility index (Phi) is 7.60. The Morgan fingerprint density at radius 1 is 0.882 bits per heavy atom. The number of anilines is 2. The van der Waals surface area contributed by atoms with E-state index in [1.54, 1.807) is 19.1 Å². The van der Waals surface area contributed by atoms with Gasteiger partial charge in [-0.25, -0.2) is 4.79 Å². The molecular weight excluding hydrogens is 426 g/mol. The van der Waals surface area contributed by atoms with Gasteiger partial charge in [0, 0.05) is 38.3 Å². The van der Waals surface area contributed by atoms with E-state index >= 15 is 0 Å². The van der Waals surface area contributed by atoms with Gasteiger partial charge in [0.05, 0.1) is 23.5 Å². The summed E-state index contributed by atoms with van der Waals surface area (Å²) in [5.74, 6) is -0.600. The van der Waals surface area contributed by atoms with Gasteiger partial charge in [-0.2, -0.15) is 0 Å². The van der Waals surface area contributed by atoms with Gasteiger partial charge in [-0.3, -0.25) is 9.69 Å². The summed E-state index contributed by atoms with van der Waals surface area (Å²) in [6.07, 6.45) is 0. The molecule has 0 radical (unpaired) electrons. The number of esters is 1. The average molecular weight is 458 g/mol. The van der Waals surface area contributed by atoms with Crippen molar-refractivity contribution in [3.63, 3.8) is 0 Å². The van der Waals surface area contributed by atoms with Gasteiger partial charge in [0.2, 0.25) is 0 Å². The zero-order valence-corrected chi connectivity index (χ0v) is 19.8. The van der Waals surface area contributed by atoms with Crippen molar-refractivity contribution in [2.24, 2.45) is 0 Å². The third-order valence-electron chi connectivity index (χ3n) is 6.03. The summed E-state index contributed by atoms with van der Waals surface area (Å²) in [5, 5.41) is 3.03. The number of ether oxygens (including phenoxy) is 1. The fourth-order valence-electron chi connectivity index (χ4n) is 4.14. The molecule has 0 saturated carbocycles. The largest absolute Gasteiger partial charge is 0.462 e. The molecule has 1 amide bonds. The van der Waals surface area contributed by atoms with Gasteiger partial charge in [0.1, 0.15) is 0 Å². The van der Waals surface area contributed by atoms with E-state index in [1.807, 2.05) is 43.3 Å². The minimum atomic E-state index is -0.396. The molecular formula is C28H31N3O3. The zero-order valence-electron chi connectivity index (χ0n) is 19.8. The first kappa shape index (κ1) is 23.5. The summed E-state index contributed by atoms with van der Waals surface area (Å²) in [6, 6.07) is 23.3. The Labute approximate surface area is 201 Å². The molecule has 0 atom stereocenters. The predicted octanol–water partition coefficient (Wildman–Crippen LogP) is 4.75. The number of carbonyl (C=O) groups excluding carboxylic acids is 2. The SMILES string of the molecule is CCOC(=O)c1ccc(N2CCN(Cc3ccccc3)CC2)c(NC(=O)c2ccc(C)cc2)c1. The minimum absolute atomic E-state index is 0.204. The van der Waals surface area contributed by atoms with Gasteiger partial charge in [0.15, 0.2) is 0 Å². The van der Waals surface area contributed by atoms with Crippen LogP contribution in [0.2, 0.25) is 0 Å². The summed E-state index contributed by atoms with van der Waals surface area (Å²) >= 11 is 0. The monoisotopic (exact) mass is 457 g/mol. The second kappa shape index (κ2) is 11.0. The van der Waals surface area contributed by atoms with Crippen LogP contribution < -0.4 is 10.2 Å². The highest BCUT2D eigenvalue weighted by Gasteiger charge is 2.22. The maximum atomic E-state index is 13.0. The van der Waals surface area contributed by atoms with E-state index in [9.17, 15) is 9.59 Å². The normalized spacial score (nSPS) is 14.0. The van der Waals surface area contributed by atoms with Crippen LogP contribution in [0.4, 0.5) is 11.4 Å². The topological polar surface area (TPSA) is 61.9 Å². The van der Waals surface area contributed by atoms with Crippen molar-refractivity contribution in [3.05, 3.63) is 95.1 Å². The molecule has 1 aliphatic heterocycles. The molecule has 176 valence electrons. The Bertz CT molecular complexity index is 1120. The van der Waals surface area contributed by atoms with E-state index in [0.29, 0.717) is 23.4 Å². The molecule has 0 bridgehead atoms. The lowest BCUT2D eigenvalue weighted by Crippen LogP contribution is -2.46. The number of nitrogens with one attached hydrogen (secondary N) is 1. The molecule has 6 nitrogen and oxygen atoms in total. The molecule has 0 aliphatic carbocycles. The molecule has 4 rings (SSSR count). The summed E-state index contributed by atoms with van der Waals surface area (Å²) < 4.78 is 5.17. The Hall–Kier alpha value is -3.64. The first-order valence-corrected chi connectivity index (χ1v) is 11.7. The third-order valence-corrected chi connectivity index (χ3v) is 6.03. The van der Waals surface area contributed by atoms with E-state index in [2.05, 4.69) is 39.4 Å². The van der Waals surface area contributed by atoms with Crippen LogP contribution in [-0.4, -0.2) is 49.6 Å². The standard InChI is InChI=1S/C28H31N3O3/c1-3-34-28(33)24-13-14-26(25(19-24)29-27(32)23-11-9-21(2)10-12-23)31-17-15-30(16-18-31)20-22-7-5-4-6-8-22/h4-14,19H,3,15-18,20H2,1-2H3,(H,29,32). The van der Waals surface area contributed by atoms with Crippen LogP contribution >= 0.6 is 0 Å². The zero-order chi connectivity index (χ0) is 23.9. The number of amides is 1. The van der Waals surface area contributed by atoms with Crippen molar-refractivity contribution in [1.29, 1.82) is 0 Å². The van der Waals surface area contributed by atoms with Crippen molar-refractivity contribution in [2.45, 2.75) is 20.4 Å². The van der Waals surface area contributed by atoms with Gasteiger partial charge in [-0.15, -0.1) is 0 Å². The number of benzene rings is 3. The van der Waals surface area contributed by atoms with Crippen LogP contribution in [0, 0.1) is 6.92 Å². The highest BCUT2D eigenvalue weighted by atomic mass is 16.5. The smallest absolute Gasteiger partial charge is 0.338 e. The summed E-state index contributed by atoms with van der Waals surface area (Å²) in [4.78, 5) is 30.0. The third kappa shape index (κ3) is 5.83. The molecule has 6 heteroatoms. The van der Waals surface area contributed by atoms with Gasteiger partial charge >= 0.3 is 5.97 Å². The van der Waals surface area contributed by atoms with Crippen molar-refractivity contribution >= 4 is 23.3 Å². The molecule has 34 heavy (non-hydrogen) atoms. The lowest BCUT2D eigenvalue weighted by Gasteiger charge is -2.37. The van der Waals surface area contributed by atoms with Gasteiger partial charge in [-0.05, 0) is 49.7 Å². The molecule has 3 aromatic rings. The van der Waals surface area contributed by atoms with Gasteiger partial charge in [0.25, 0.3) is 5.91 Å². The second-order valence-electron chi connectivity index (χ2n) is 8.52. The minimum Gasteiger partial charge on any atom is -0.462 e. The molecule has 1 heterocycles. The van der Waals surface area contributed by atoms with Crippen LogP contribution in [0.15, 0.2) is 72.8 Å². The van der Waals surface area contributed by atoms with Crippen molar-refractivity contribution < 1.29 is 14.3 Å². The lowest BCUT2D eigenvalue weighted by atomic mass is 10.1. The van der Waals surface area contributed by atoms with Crippen molar-refractivity contribution in [3.8, 4) is 0 Å². The summed E-state index contributed by atoms with van der Waals surface area (Å²) in [7, 11) is 0. The van der Waals surface area contributed by atoms with E-state index in [4.69, 9.17) is 4.74 Å². The number of carbonyl (C=O) groups is 2. The number of rotatable bonds is 7. The van der Waals surface area contributed by atoms with Crippen molar-refractivity contribution in [2.75, 3.05) is 43.0 Å². The number of hydrogen-bond donors (Lipinski definition) is 1. The summed E-state index contributed by atoms with van der Waals surface area (Å²) in [5.41, 5.74) is 4.93.